The van der Waals surface area contributed by atoms with Crippen molar-refractivity contribution >= 4 is 11.8 Å². The first-order valence-corrected chi connectivity index (χ1v) is 8.71. The van der Waals surface area contributed by atoms with Crippen LogP contribution >= 0.6 is 0 Å². The Balaban J connectivity index is 1.36. The van der Waals surface area contributed by atoms with E-state index in [4.69, 9.17) is 14.2 Å². The number of carbonyl (C=O) groups is 2. The molecule has 0 amide bonds. The number of Topliss-reactive ketones (excluding diaryl/α,β-unsaturated/α-hetero) is 1. The van der Waals surface area contributed by atoms with Crippen LogP contribution in [0.4, 0.5) is 0 Å². The number of carbonyl (C=O) groups excluding carboxylic acids is 2. The molecule has 130 valence electrons. The summed E-state index contributed by atoms with van der Waals surface area (Å²) < 4.78 is 16.1. The van der Waals surface area contributed by atoms with Gasteiger partial charge in [-0.2, -0.15) is 0 Å². The molecule has 23 heavy (non-hydrogen) atoms. The highest BCUT2D eigenvalue weighted by atomic mass is 16.7. The van der Waals surface area contributed by atoms with Gasteiger partial charge < -0.3 is 19.3 Å². The van der Waals surface area contributed by atoms with E-state index in [9.17, 15) is 14.7 Å². The lowest BCUT2D eigenvalue weighted by Crippen LogP contribution is -2.32. The predicted octanol–water partition coefficient (Wildman–Crippen LogP) is 1.58. The normalized spacial score (nSPS) is 37.6. The van der Waals surface area contributed by atoms with Gasteiger partial charge in [0.15, 0.2) is 5.78 Å². The Morgan fingerprint density at radius 2 is 1.96 bits per heavy atom. The molecule has 3 aliphatic rings. The second-order valence-corrected chi connectivity index (χ2v) is 7.02. The number of fused-ring (bicyclic) bond motifs is 1. The zero-order valence-corrected chi connectivity index (χ0v) is 13.6. The second-order valence-electron chi connectivity index (χ2n) is 7.02. The number of esters is 1. The van der Waals surface area contributed by atoms with Gasteiger partial charge in [0.1, 0.15) is 6.61 Å². The Kier molecular flexibility index (Phi) is 5.34. The standard InChI is InChI=1S/C17H26O6/c1-10(22-17(20)12-3-2-4-13(18)7-12)21-9-14(19)11-5-6-15-16(8-11)23-15/h10-13,15-16,18H,2-9H2,1H3. The fourth-order valence-corrected chi connectivity index (χ4v) is 3.69. The van der Waals surface area contributed by atoms with Crippen molar-refractivity contribution in [3.63, 3.8) is 0 Å². The molecule has 0 radical (unpaired) electrons. The van der Waals surface area contributed by atoms with Crippen LogP contribution in [0.3, 0.4) is 0 Å². The molecule has 2 saturated carbocycles. The van der Waals surface area contributed by atoms with E-state index in [-0.39, 0.29) is 36.3 Å². The molecule has 3 rings (SSSR count). The highest BCUT2D eigenvalue weighted by molar-refractivity contribution is 5.82. The van der Waals surface area contributed by atoms with Crippen LogP contribution in [0.25, 0.3) is 0 Å². The Hall–Kier alpha value is -0.980. The number of rotatable bonds is 6. The predicted molar refractivity (Wildman–Crippen MR) is 80.5 cm³/mol. The molecule has 0 aromatic heterocycles. The van der Waals surface area contributed by atoms with Gasteiger partial charge in [0.2, 0.25) is 6.29 Å². The van der Waals surface area contributed by atoms with Gasteiger partial charge in [-0.1, -0.05) is 6.42 Å². The van der Waals surface area contributed by atoms with Gasteiger partial charge in [0.05, 0.1) is 24.2 Å². The lowest BCUT2D eigenvalue weighted by molar-refractivity contribution is -0.183. The van der Waals surface area contributed by atoms with Crippen molar-refractivity contribution in [3.05, 3.63) is 0 Å². The number of aliphatic hydroxyl groups excluding tert-OH is 1. The Morgan fingerprint density at radius 1 is 1.13 bits per heavy atom. The van der Waals surface area contributed by atoms with Gasteiger partial charge in [-0.25, -0.2) is 0 Å². The fourth-order valence-electron chi connectivity index (χ4n) is 3.69. The van der Waals surface area contributed by atoms with Crippen molar-refractivity contribution in [1.82, 2.24) is 0 Å². The lowest BCUT2D eigenvalue weighted by Gasteiger charge is -2.25. The molecule has 0 spiro atoms. The van der Waals surface area contributed by atoms with Crippen LogP contribution in [0.2, 0.25) is 0 Å². The summed E-state index contributed by atoms with van der Waals surface area (Å²) in [5.74, 6) is -0.525. The molecule has 3 fully saturated rings. The fraction of sp³-hybridized carbons (Fsp3) is 0.882. The molecule has 0 aromatic carbocycles. The van der Waals surface area contributed by atoms with Crippen LogP contribution in [0, 0.1) is 11.8 Å². The van der Waals surface area contributed by atoms with E-state index in [1.165, 1.54) is 0 Å². The molecule has 0 aromatic rings. The highest BCUT2D eigenvalue weighted by Gasteiger charge is 2.45. The summed E-state index contributed by atoms with van der Waals surface area (Å²) >= 11 is 0. The average Bonchev–Trinajstić information content (AvgIpc) is 3.31. The molecular weight excluding hydrogens is 300 g/mol. The van der Waals surface area contributed by atoms with E-state index in [0.717, 1.165) is 38.5 Å². The van der Waals surface area contributed by atoms with E-state index >= 15 is 0 Å². The summed E-state index contributed by atoms with van der Waals surface area (Å²) in [5, 5.41) is 9.61. The van der Waals surface area contributed by atoms with Crippen molar-refractivity contribution in [2.45, 2.75) is 76.5 Å². The largest absolute Gasteiger partial charge is 0.436 e. The molecular formula is C17H26O6. The Morgan fingerprint density at radius 3 is 2.70 bits per heavy atom. The van der Waals surface area contributed by atoms with Crippen molar-refractivity contribution in [1.29, 1.82) is 0 Å². The van der Waals surface area contributed by atoms with E-state index < -0.39 is 12.4 Å². The van der Waals surface area contributed by atoms with Crippen LogP contribution in [0.1, 0.15) is 51.9 Å². The van der Waals surface area contributed by atoms with Crippen molar-refractivity contribution < 1.29 is 28.9 Å². The summed E-state index contributed by atoms with van der Waals surface area (Å²) in [6, 6.07) is 0. The number of ketones is 1. The molecule has 1 aliphatic heterocycles. The molecule has 6 unspecified atom stereocenters. The first-order chi connectivity index (χ1) is 11.0. The van der Waals surface area contributed by atoms with Crippen LogP contribution in [-0.2, 0) is 23.8 Å². The van der Waals surface area contributed by atoms with Gasteiger partial charge >= 0.3 is 5.97 Å². The quantitative estimate of drug-likeness (QED) is 0.453. The van der Waals surface area contributed by atoms with Crippen LogP contribution in [-0.4, -0.2) is 48.1 Å². The van der Waals surface area contributed by atoms with Crippen LogP contribution in [0.5, 0.6) is 0 Å². The van der Waals surface area contributed by atoms with Gasteiger partial charge in [-0.3, -0.25) is 9.59 Å². The van der Waals surface area contributed by atoms with Gasteiger partial charge in [0.25, 0.3) is 0 Å². The first kappa shape index (κ1) is 16.9. The molecule has 1 saturated heterocycles. The maximum atomic E-state index is 12.1. The third kappa shape index (κ3) is 4.52. The first-order valence-electron chi connectivity index (χ1n) is 8.71. The SMILES string of the molecule is CC(OCC(=O)C1CCC2OC2C1)OC(=O)C1CCCC(O)C1. The molecule has 6 atom stereocenters. The Bertz CT molecular complexity index is 450. The molecule has 1 N–H and O–H groups in total. The van der Waals surface area contributed by atoms with Crippen LogP contribution < -0.4 is 0 Å². The van der Waals surface area contributed by atoms with E-state index in [1.807, 2.05) is 0 Å². The minimum absolute atomic E-state index is 0.00939. The molecule has 6 nitrogen and oxygen atoms in total. The summed E-state index contributed by atoms with van der Waals surface area (Å²) in [4.78, 5) is 24.2. The van der Waals surface area contributed by atoms with Gasteiger partial charge in [-0.15, -0.1) is 0 Å². The molecule has 6 heteroatoms. The zero-order valence-electron chi connectivity index (χ0n) is 13.6. The summed E-state index contributed by atoms with van der Waals surface area (Å²) in [7, 11) is 0. The summed E-state index contributed by atoms with van der Waals surface area (Å²) in [6.45, 7) is 1.61. The minimum atomic E-state index is -0.737. The van der Waals surface area contributed by atoms with E-state index in [0.29, 0.717) is 12.5 Å². The molecule has 1 heterocycles. The van der Waals surface area contributed by atoms with Gasteiger partial charge in [0, 0.05) is 5.92 Å². The number of ether oxygens (including phenoxy) is 3. The van der Waals surface area contributed by atoms with Crippen molar-refractivity contribution in [2.75, 3.05) is 6.61 Å². The lowest BCUT2D eigenvalue weighted by atomic mass is 9.86. The maximum Gasteiger partial charge on any atom is 0.311 e. The highest BCUT2D eigenvalue weighted by Crippen LogP contribution is 2.39. The summed E-state index contributed by atoms with van der Waals surface area (Å²) in [6.07, 6.45) is 4.88. The smallest absolute Gasteiger partial charge is 0.311 e. The van der Waals surface area contributed by atoms with Crippen LogP contribution in [0.15, 0.2) is 0 Å². The molecule has 0 bridgehead atoms. The average molecular weight is 326 g/mol. The van der Waals surface area contributed by atoms with E-state index in [2.05, 4.69) is 0 Å². The topological polar surface area (TPSA) is 85.4 Å². The van der Waals surface area contributed by atoms with Gasteiger partial charge in [-0.05, 0) is 45.4 Å². The van der Waals surface area contributed by atoms with Crippen molar-refractivity contribution in [3.8, 4) is 0 Å². The zero-order chi connectivity index (χ0) is 16.4. The minimum Gasteiger partial charge on any atom is -0.436 e. The number of aliphatic hydroxyl groups is 1. The molecule has 2 aliphatic carbocycles. The summed E-state index contributed by atoms with van der Waals surface area (Å²) in [5.41, 5.74) is 0. The maximum absolute atomic E-state index is 12.1. The monoisotopic (exact) mass is 326 g/mol. The third-order valence-electron chi connectivity index (χ3n) is 5.18. The Labute approximate surface area is 136 Å². The second kappa shape index (κ2) is 7.28. The van der Waals surface area contributed by atoms with E-state index in [1.54, 1.807) is 6.92 Å². The number of hydrogen-bond acceptors (Lipinski definition) is 6. The number of epoxide rings is 1. The third-order valence-corrected chi connectivity index (χ3v) is 5.18. The number of hydrogen-bond donors (Lipinski definition) is 1. The van der Waals surface area contributed by atoms with Crippen molar-refractivity contribution in [2.24, 2.45) is 11.8 Å².